The van der Waals surface area contributed by atoms with E-state index in [9.17, 15) is 19.5 Å². The molecule has 1 amide bonds. The zero-order chi connectivity index (χ0) is 23.5. The van der Waals surface area contributed by atoms with Gasteiger partial charge in [-0.15, -0.1) is 11.3 Å². The number of thiophene rings is 1. The van der Waals surface area contributed by atoms with Crippen molar-refractivity contribution in [2.75, 3.05) is 13.2 Å². The summed E-state index contributed by atoms with van der Waals surface area (Å²) in [5.74, 6) is -0.492. The van der Waals surface area contributed by atoms with Crippen LogP contribution in [-0.4, -0.2) is 48.3 Å². The van der Waals surface area contributed by atoms with Crippen molar-refractivity contribution in [1.82, 2.24) is 18.6 Å². The van der Waals surface area contributed by atoms with Crippen molar-refractivity contribution >= 4 is 39.0 Å². The van der Waals surface area contributed by atoms with Crippen LogP contribution in [0.1, 0.15) is 58.2 Å². The standard InChI is InChI=1S/C21H26N4O5S2/c1-10(2)25-19-16(17(26)23(6)20(25)28)15(18(27)24-8-21(5,29)9-30-24)14(31-19)7-13-11(3)22-32-12(13)4/h10,29H,7-9H2,1-6H3/t21-/m0/s1. The van der Waals surface area contributed by atoms with Crippen LogP contribution in [0.15, 0.2) is 9.59 Å². The fourth-order valence-electron chi connectivity index (χ4n) is 3.93. The Labute approximate surface area is 192 Å². The van der Waals surface area contributed by atoms with E-state index in [0.29, 0.717) is 16.1 Å². The van der Waals surface area contributed by atoms with Gasteiger partial charge in [0.05, 0.1) is 23.2 Å². The number of amides is 1. The van der Waals surface area contributed by atoms with Gasteiger partial charge < -0.3 is 5.11 Å². The molecule has 0 unspecified atom stereocenters. The maximum atomic E-state index is 13.6. The molecule has 1 atom stereocenters. The monoisotopic (exact) mass is 478 g/mol. The molecule has 3 aromatic rings. The van der Waals surface area contributed by atoms with E-state index in [-0.39, 0.29) is 30.1 Å². The molecule has 0 bridgehead atoms. The zero-order valence-corrected chi connectivity index (χ0v) is 20.5. The van der Waals surface area contributed by atoms with Crippen LogP contribution >= 0.6 is 22.9 Å². The summed E-state index contributed by atoms with van der Waals surface area (Å²) < 4.78 is 6.99. The van der Waals surface area contributed by atoms with Gasteiger partial charge in [0.25, 0.3) is 11.5 Å². The predicted octanol–water partition coefficient (Wildman–Crippen LogP) is 2.15. The fourth-order valence-corrected chi connectivity index (χ4v) is 6.06. The Bertz CT molecular complexity index is 1330. The third kappa shape index (κ3) is 3.62. The molecule has 0 spiro atoms. The first-order valence-corrected chi connectivity index (χ1v) is 11.9. The van der Waals surface area contributed by atoms with Crippen LogP contribution in [0.5, 0.6) is 0 Å². The van der Waals surface area contributed by atoms with Gasteiger partial charge in [-0.1, -0.05) is 0 Å². The van der Waals surface area contributed by atoms with E-state index in [0.717, 1.165) is 25.8 Å². The van der Waals surface area contributed by atoms with Gasteiger partial charge in [-0.3, -0.25) is 23.6 Å². The van der Waals surface area contributed by atoms with Gasteiger partial charge in [0.15, 0.2) is 0 Å². The second kappa shape index (κ2) is 7.91. The van der Waals surface area contributed by atoms with Crippen molar-refractivity contribution in [2.45, 2.75) is 52.7 Å². The molecule has 32 heavy (non-hydrogen) atoms. The number of aliphatic hydroxyl groups is 1. The number of β-amino-alcohol motifs (C(OH)–C–C–N with tert-alkyl or cyclic N) is 1. The third-order valence-corrected chi connectivity index (χ3v) is 7.76. The number of hydrogen-bond acceptors (Lipinski definition) is 8. The molecule has 1 N–H and O–H groups in total. The van der Waals surface area contributed by atoms with Gasteiger partial charge >= 0.3 is 5.69 Å². The Hall–Kier alpha value is -2.34. The van der Waals surface area contributed by atoms with Crippen LogP contribution in [0.2, 0.25) is 0 Å². The van der Waals surface area contributed by atoms with Crippen LogP contribution in [-0.2, 0) is 18.3 Å². The van der Waals surface area contributed by atoms with Crippen molar-refractivity contribution in [3.8, 4) is 0 Å². The molecule has 4 rings (SSSR count). The van der Waals surface area contributed by atoms with E-state index in [1.165, 1.54) is 29.9 Å². The molecule has 9 nitrogen and oxygen atoms in total. The fraction of sp³-hybridized carbons (Fsp3) is 0.524. The maximum absolute atomic E-state index is 13.6. The van der Waals surface area contributed by atoms with Gasteiger partial charge in [-0.2, -0.15) is 4.37 Å². The first-order chi connectivity index (χ1) is 14.9. The average Bonchev–Trinajstić information content (AvgIpc) is 3.36. The van der Waals surface area contributed by atoms with E-state index in [1.54, 1.807) is 11.5 Å². The first kappa shape index (κ1) is 22.8. The zero-order valence-electron chi connectivity index (χ0n) is 18.9. The van der Waals surface area contributed by atoms with Gasteiger partial charge in [0.2, 0.25) is 0 Å². The molecular formula is C21H26N4O5S2. The molecule has 1 aliphatic rings. The lowest BCUT2D eigenvalue weighted by atomic mass is 10.0. The number of aryl methyl sites for hydroxylation is 2. The lowest BCUT2D eigenvalue weighted by Crippen LogP contribution is -2.39. The van der Waals surface area contributed by atoms with E-state index in [1.807, 2.05) is 27.7 Å². The molecule has 3 aromatic heterocycles. The molecule has 1 aliphatic heterocycles. The molecule has 4 heterocycles. The second-order valence-electron chi connectivity index (χ2n) is 8.78. The Morgan fingerprint density at radius 2 is 2.00 bits per heavy atom. The minimum atomic E-state index is -1.17. The van der Waals surface area contributed by atoms with E-state index >= 15 is 0 Å². The highest BCUT2D eigenvalue weighted by Crippen LogP contribution is 2.35. The molecular weight excluding hydrogens is 452 g/mol. The highest BCUT2D eigenvalue weighted by molar-refractivity contribution is 7.19. The highest BCUT2D eigenvalue weighted by atomic mass is 32.1. The summed E-state index contributed by atoms with van der Waals surface area (Å²) in [5.41, 5.74) is -0.0116. The lowest BCUT2D eigenvalue weighted by Gasteiger charge is -2.17. The number of nitrogens with zero attached hydrogens (tertiary/aromatic N) is 4. The number of aromatic nitrogens is 3. The average molecular weight is 479 g/mol. The Kier molecular flexibility index (Phi) is 5.64. The molecule has 172 valence electrons. The first-order valence-electron chi connectivity index (χ1n) is 10.3. The van der Waals surface area contributed by atoms with Crippen LogP contribution in [0.4, 0.5) is 0 Å². The molecule has 1 fully saturated rings. The summed E-state index contributed by atoms with van der Waals surface area (Å²) in [7, 11) is 1.42. The highest BCUT2D eigenvalue weighted by Gasteiger charge is 2.39. The number of hydroxylamine groups is 2. The SMILES string of the molecule is Cc1nsc(C)c1Cc1sc2c(c1C(=O)N1C[C@](C)(O)CO1)c(=O)n(C)c(=O)n2C(C)C. The number of carbonyl (C=O) groups is 1. The smallest absolute Gasteiger partial charge is 0.332 e. The quantitative estimate of drug-likeness (QED) is 0.616. The van der Waals surface area contributed by atoms with E-state index < -0.39 is 22.8 Å². The Morgan fingerprint density at radius 1 is 1.31 bits per heavy atom. The minimum Gasteiger partial charge on any atom is -0.386 e. The van der Waals surface area contributed by atoms with Crippen LogP contribution < -0.4 is 11.2 Å². The van der Waals surface area contributed by atoms with Crippen LogP contribution in [0.3, 0.4) is 0 Å². The van der Waals surface area contributed by atoms with Gasteiger partial charge in [0.1, 0.15) is 17.0 Å². The van der Waals surface area contributed by atoms with Crippen molar-refractivity contribution in [1.29, 1.82) is 0 Å². The summed E-state index contributed by atoms with van der Waals surface area (Å²) >= 11 is 2.67. The third-order valence-electron chi connectivity index (χ3n) is 5.68. The number of fused-ring (bicyclic) bond motifs is 1. The summed E-state index contributed by atoms with van der Waals surface area (Å²) in [4.78, 5) is 47.3. The van der Waals surface area contributed by atoms with Crippen molar-refractivity contribution in [3.05, 3.63) is 47.4 Å². The van der Waals surface area contributed by atoms with Crippen LogP contribution in [0.25, 0.3) is 10.2 Å². The summed E-state index contributed by atoms with van der Waals surface area (Å²) in [6.07, 6.45) is 0.411. The van der Waals surface area contributed by atoms with Crippen molar-refractivity contribution < 1.29 is 14.7 Å². The Morgan fingerprint density at radius 3 is 2.53 bits per heavy atom. The predicted molar refractivity (Wildman–Crippen MR) is 124 cm³/mol. The molecule has 0 aromatic carbocycles. The Balaban J connectivity index is 2.01. The van der Waals surface area contributed by atoms with Crippen molar-refractivity contribution in [3.63, 3.8) is 0 Å². The van der Waals surface area contributed by atoms with E-state index in [4.69, 9.17) is 4.84 Å². The van der Waals surface area contributed by atoms with Crippen molar-refractivity contribution in [2.24, 2.45) is 7.05 Å². The largest absolute Gasteiger partial charge is 0.386 e. The summed E-state index contributed by atoms with van der Waals surface area (Å²) in [6.45, 7) is 9.18. The maximum Gasteiger partial charge on any atom is 0.332 e. The summed E-state index contributed by atoms with van der Waals surface area (Å²) in [6, 6.07) is -0.207. The van der Waals surface area contributed by atoms with Gasteiger partial charge in [-0.25, -0.2) is 9.86 Å². The molecule has 1 saturated heterocycles. The lowest BCUT2D eigenvalue weighted by molar-refractivity contribution is -0.0796. The molecule has 11 heteroatoms. The molecule has 0 radical (unpaired) electrons. The normalized spacial score (nSPS) is 18.9. The molecule has 0 aliphatic carbocycles. The second-order valence-corrected chi connectivity index (χ2v) is 10.8. The summed E-state index contributed by atoms with van der Waals surface area (Å²) in [5, 5.41) is 11.6. The minimum absolute atomic E-state index is 0.00912. The van der Waals surface area contributed by atoms with Crippen LogP contribution in [0, 0.1) is 13.8 Å². The van der Waals surface area contributed by atoms with E-state index in [2.05, 4.69) is 4.37 Å². The topological polar surface area (TPSA) is 107 Å². The number of hydrogen-bond donors (Lipinski definition) is 1. The molecule has 0 saturated carbocycles. The van der Waals surface area contributed by atoms with Gasteiger partial charge in [0, 0.05) is 29.3 Å². The number of carbonyl (C=O) groups excluding carboxylic acids is 1. The van der Waals surface area contributed by atoms with Gasteiger partial charge in [-0.05, 0) is 51.7 Å². The number of rotatable bonds is 4.